The lowest BCUT2D eigenvalue weighted by molar-refractivity contribution is -0.209. The molecule has 8 aromatic carbocycles. The van der Waals surface area contributed by atoms with Crippen molar-refractivity contribution in [1.82, 2.24) is 39.4 Å². The summed E-state index contributed by atoms with van der Waals surface area (Å²) in [4.78, 5) is 95.9. The maximum Gasteiger partial charge on any atom is 0.254 e. The van der Waals surface area contributed by atoms with Crippen molar-refractivity contribution >= 4 is 35.4 Å². The van der Waals surface area contributed by atoms with Gasteiger partial charge in [-0.25, -0.2) is 9.45 Å². The molecule has 0 aliphatic carbocycles. The lowest BCUT2D eigenvalue weighted by atomic mass is 9.75. The van der Waals surface area contributed by atoms with Crippen LogP contribution in [0.1, 0.15) is 166 Å². The van der Waals surface area contributed by atoms with Crippen LogP contribution in [0.3, 0.4) is 0 Å². The highest BCUT2D eigenvalue weighted by molar-refractivity contribution is 5.97. The molecule has 13 rings (SSSR count). The normalized spacial score (nSPS) is 21.5. The van der Waals surface area contributed by atoms with Gasteiger partial charge in [-0.05, 0) is 162 Å². The predicted molar refractivity (Wildman–Crippen MR) is 463 cm³/mol. The zero-order valence-corrected chi connectivity index (χ0v) is 68.4. The third kappa shape index (κ3) is 24.8. The van der Waals surface area contributed by atoms with Gasteiger partial charge in [-0.15, -0.1) is 32.9 Å². The van der Waals surface area contributed by atoms with E-state index in [1.54, 1.807) is 28.2 Å². The molecule has 5 saturated heterocycles. The molecule has 5 aliphatic heterocycles. The molecule has 16 heteroatoms. The second kappa shape index (κ2) is 43.0. The van der Waals surface area contributed by atoms with Crippen molar-refractivity contribution in [1.29, 1.82) is 0 Å². The lowest BCUT2D eigenvalue weighted by Crippen LogP contribution is -2.63. The van der Waals surface area contributed by atoms with E-state index in [1.807, 2.05) is 234 Å². The fraction of sp³-hybridized carbons (Fsp3) is 0.354. The molecular formula is C99H119FN8O7. The summed E-state index contributed by atoms with van der Waals surface area (Å²) >= 11 is 0. The number of carbonyl (C=O) groups excluding carboxylic acids is 6. The zero-order valence-electron chi connectivity index (χ0n) is 68.4. The van der Waals surface area contributed by atoms with Crippen molar-refractivity contribution in [3.63, 3.8) is 0 Å². The number of nitrogens with zero attached hydrogens (tertiary/aromatic N) is 8. The molecule has 0 radical (unpaired) electrons. The standard InChI is InChI=1S/C23H28N2O.C22H24N2O2.C22H26N2O.C17H23NO2.C15H18FNO/c1-4-14-23(3)18-24(22(26)21-12-10-19(2)11-13-21)15-16-25(23)17-20-8-6-5-7-9-20;1-3-14-22(2)17-23(20(25)18-10-6-4-7-11-18)15-16-24(22)21(26)19-12-8-5-9-13-19;1-3-14-22(2)18-23(21(25)20-12-8-5-9-13-20)15-16-24(22)17-19-10-6-4-7-11-19;1-3-11-17(4-2)12-10-16(19)18(14-17)20-13-15-8-6-5-7-9-15;1-2-9-15(16)10-6-11-17(12-15)14(18)13-7-4-3-5-8-13/h4-13H,1,14-18H2,2-3H3;3-13H,1,14-17H2,2H3;3-13H,1,14-18H2,2H3;3,5-9H,1,4,10-14H2,2H3;2-5,7-8H,1,6,9-12H2/t23-;2*22-;17-;15-/m00010/s1. The van der Waals surface area contributed by atoms with Crippen LogP contribution in [0.2, 0.25) is 0 Å². The number of aryl methyl sites for hydroxylation is 1. The van der Waals surface area contributed by atoms with Crippen LogP contribution in [-0.4, -0.2) is 176 Å². The van der Waals surface area contributed by atoms with Gasteiger partial charge in [0, 0.05) is 130 Å². The average Bonchev–Trinajstić information content (AvgIpc) is 0.746. The number of carbonyl (C=O) groups is 6. The minimum Gasteiger partial charge on any atom is -0.336 e. The molecule has 5 atom stereocenters. The summed E-state index contributed by atoms with van der Waals surface area (Å²) < 4.78 is 14.4. The Kier molecular flexibility index (Phi) is 32.9. The molecule has 5 fully saturated rings. The first-order chi connectivity index (χ1) is 55.5. The van der Waals surface area contributed by atoms with Gasteiger partial charge in [0.05, 0.1) is 18.6 Å². The highest BCUT2D eigenvalue weighted by Crippen LogP contribution is 2.39. The molecule has 0 N–H and O–H groups in total. The second-order valence-corrected chi connectivity index (χ2v) is 31.8. The number of alkyl halides is 1. The largest absolute Gasteiger partial charge is 0.336 e. The first kappa shape index (κ1) is 88.0. The van der Waals surface area contributed by atoms with Crippen molar-refractivity contribution < 1.29 is 38.0 Å². The van der Waals surface area contributed by atoms with Crippen molar-refractivity contribution in [2.45, 2.75) is 141 Å². The molecule has 6 amide bonds. The van der Waals surface area contributed by atoms with E-state index in [0.717, 1.165) is 101 Å². The fourth-order valence-electron chi connectivity index (χ4n) is 16.1. The first-order valence-electron chi connectivity index (χ1n) is 40.6. The summed E-state index contributed by atoms with van der Waals surface area (Å²) in [5.41, 5.74) is 6.53. The Hall–Kier alpha value is -10.9. The molecule has 115 heavy (non-hydrogen) atoms. The van der Waals surface area contributed by atoms with Gasteiger partial charge in [0.25, 0.3) is 29.5 Å². The topological polar surface area (TPSA) is 138 Å². The van der Waals surface area contributed by atoms with Gasteiger partial charge in [0.1, 0.15) is 12.3 Å². The molecule has 5 heterocycles. The highest BCUT2D eigenvalue weighted by Gasteiger charge is 2.44. The molecule has 5 aliphatic rings. The van der Waals surface area contributed by atoms with Crippen molar-refractivity contribution in [3.8, 4) is 0 Å². The van der Waals surface area contributed by atoms with Crippen LogP contribution in [-0.2, 0) is 29.3 Å². The lowest BCUT2D eigenvalue weighted by Gasteiger charge is -2.49. The Balaban J connectivity index is 0.000000166. The Morgan fingerprint density at radius 3 is 1.14 bits per heavy atom. The van der Waals surface area contributed by atoms with Gasteiger partial charge in [0.2, 0.25) is 5.91 Å². The van der Waals surface area contributed by atoms with Crippen LogP contribution in [0.25, 0.3) is 0 Å². The third-order valence-corrected chi connectivity index (χ3v) is 22.8. The molecule has 0 bridgehead atoms. The number of hydrogen-bond donors (Lipinski definition) is 0. The molecule has 15 nitrogen and oxygen atoms in total. The summed E-state index contributed by atoms with van der Waals surface area (Å²) in [5.74, 6) is 0.264. The van der Waals surface area contributed by atoms with Gasteiger partial charge < -0.3 is 24.5 Å². The monoisotopic (exact) mass is 1550 g/mol. The van der Waals surface area contributed by atoms with Crippen LogP contribution >= 0.6 is 0 Å². The van der Waals surface area contributed by atoms with Gasteiger partial charge in [-0.1, -0.05) is 219 Å². The Labute approximate surface area is 683 Å². The predicted octanol–water partition coefficient (Wildman–Crippen LogP) is 18.8. The molecule has 8 aromatic rings. The quantitative estimate of drug-likeness (QED) is 0.0573. The number of allylic oxidation sites excluding steroid dienone is 2. The van der Waals surface area contributed by atoms with Gasteiger partial charge in [-0.3, -0.25) is 43.4 Å². The van der Waals surface area contributed by atoms with E-state index in [9.17, 15) is 33.2 Å². The minimum atomic E-state index is -1.30. The van der Waals surface area contributed by atoms with Crippen LogP contribution in [0.4, 0.5) is 4.39 Å². The van der Waals surface area contributed by atoms with E-state index in [-0.39, 0.29) is 58.5 Å². The number of piperidine rings is 2. The summed E-state index contributed by atoms with van der Waals surface area (Å²) in [6, 6.07) is 76.1. The number of halogens is 1. The number of benzene rings is 8. The highest BCUT2D eigenvalue weighted by atomic mass is 19.1. The first-order valence-corrected chi connectivity index (χ1v) is 40.6. The van der Waals surface area contributed by atoms with E-state index < -0.39 is 11.2 Å². The van der Waals surface area contributed by atoms with E-state index in [0.29, 0.717) is 88.1 Å². The Morgan fingerprint density at radius 1 is 0.391 bits per heavy atom. The van der Waals surface area contributed by atoms with E-state index in [2.05, 4.69) is 112 Å². The number of likely N-dealkylation sites (tertiary alicyclic amines) is 1. The maximum absolute atomic E-state index is 14.4. The Bertz CT molecular complexity index is 4450. The number of hydroxylamine groups is 2. The number of amides is 6. The molecule has 604 valence electrons. The average molecular weight is 1550 g/mol. The van der Waals surface area contributed by atoms with Crippen LogP contribution in [0.5, 0.6) is 0 Å². The van der Waals surface area contributed by atoms with Gasteiger partial charge >= 0.3 is 0 Å². The maximum atomic E-state index is 14.4. The smallest absolute Gasteiger partial charge is 0.254 e. The molecule has 0 spiro atoms. The van der Waals surface area contributed by atoms with Crippen LogP contribution in [0, 0.1) is 12.3 Å². The van der Waals surface area contributed by atoms with E-state index in [1.165, 1.54) is 16.7 Å². The van der Waals surface area contributed by atoms with Crippen molar-refractivity contribution in [2.24, 2.45) is 5.41 Å². The number of piperazine rings is 3. The summed E-state index contributed by atoms with van der Waals surface area (Å²) in [6.07, 6.45) is 16.7. The summed E-state index contributed by atoms with van der Waals surface area (Å²) in [7, 11) is 0. The van der Waals surface area contributed by atoms with E-state index in [4.69, 9.17) is 4.84 Å². The zero-order chi connectivity index (χ0) is 82.3. The van der Waals surface area contributed by atoms with Crippen molar-refractivity contribution in [2.75, 3.05) is 78.5 Å². The second-order valence-electron chi connectivity index (χ2n) is 31.8. The third-order valence-electron chi connectivity index (χ3n) is 22.8. The summed E-state index contributed by atoms with van der Waals surface area (Å²) in [6.45, 7) is 39.8. The fourth-order valence-corrected chi connectivity index (χ4v) is 16.1. The van der Waals surface area contributed by atoms with Crippen LogP contribution in [0.15, 0.2) is 300 Å². The number of rotatable bonds is 23. The molecular weight excluding hydrogens is 1430 g/mol. The van der Waals surface area contributed by atoms with Gasteiger partial charge in [0.15, 0.2) is 0 Å². The van der Waals surface area contributed by atoms with Crippen molar-refractivity contribution in [3.05, 3.63) is 350 Å². The Morgan fingerprint density at radius 2 is 0.739 bits per heavy atom. The molecule has 0 aromatic heterocycles. The SMILES string of the molecule is C=CC[C@@]1(C)CN(C(=O)c2ccc(C)cc2)CCN1Cc1ccccc1.C=CC[C@@]1(C)CN(C(=O)c2ccccc2)CCN1C(=O)c1ccccc1.C=CC[C@@]1(C)CN(C(=O)c2ccccc2)CCN1Cc1ccccc1.C=CC[C@]1(CC)CCC(=O)N(OCc2ccccc2)C1.C=CC[C@]1(F)CCCN(C(=O)c2ccccc2)C1. The molecule has 0 saturated carbocycles. The van der Waals surface area contributed by atoms with Gasteiger partial charge in [-0.2, -0.15) is 0 Å². The van der Waals surface area contributed by atoms with E-state index >= 15 is 0 Å². The minimum absolute atomic E-state index is 0.00163. The number of hydrogen-bond acceptors (Lipinski definition) is 9. The van der Waals surface area contributed by atoms with Crippen LogP contribution < -0.4 is 0 Å². The molecule has 0 unspecified atom stereocenters. The summed E-state index contributed by atoms with van der Waals surface area (Å²) in [5, 5.41) is 1.56.